The Bertz CT molecular complexity index is 858. The van der Waals surface area contributed by atoms with Crippen molar-refractivity contribution in [2.24, 2.45) is 0 Å². The average Bonchev–Trinajstić information content (AvgIpc) is 3.05. The summed E-state index contributed by atoms with van der Waals surface area (Å²) in [5.41, 5.74) is 3.87. The second-order valence-electron chi connectivity index (χ2n) is 6.57. The Labute approximate surface area is 150 Å². The molecule has 0 bridgehead atoms. The van der Waals surface area contributed by atoms with Crippen LogP contribution < -0.4 is 15.0 Å². The zero-order valence-electron chi connectivity index (χ0n) is 14.3. The first kappa shape index (κ1) is 16.1. The molecule has 2 amide bonds. The van der Waals surface area contributed by atoms with Crippen LogP contribution in [0, 0.1) is 0 Å². The zero-order chi connectivity index (χ0) is 17.6. The minimum absolute atomic E-state index is 0.0767. The summed E-state index contributed by atoms with van der Waals surface area (Å²) in [5, 5.41) is 5.08. The van der Waals surface area contributed by atoms with Gasteiger partial charge in [-0.3, -0.25) is 9.59 Å². The van der Waals surface area contributed by atoms with Gasteiger partial charge in [0.25, 0.3) is 11.8 Å². The third-order valence-electron chi connectivity index (χ3n) is 4.87. The highest BCUT2D eigenvalue weighted by Crippen LogP contribution is 2.36. The number of nitrogens with zero attached hydrogens (tertiary/aromatic N) is 1. The van der Waals surface area contributed by atoms with E-state index in [0.29, 0.717) is 17.1 Å². The van der Waals surface area contributed by atoms with Gasteiger partial charge in [-0.15, -0.1) is 11.3 Å². The standard InChI is InChI=1S/C19H20N2O3S/c1-11-19(23)21(2)15-9-13(7-8-16(15)24-11)20-18(22)17-14-6-4-3-5-12(14)10-25-17/h7-11H,3-6H2,1-2H3,(H,20,22). The van der Waals surface area contributed by atoms with E-state index in [1.165, 1.54) is 28.9 Å². The molecule has 6 heteroatoms. The molecular formula is C19H20N2O3S. The van der Waals surface area contributed by atoms with Gasteiger partial charge in [0, 0.05) is 12.7 Å². The van der Waals surface area contributed by atoms with Crippen molar-refractivity contribution in [2.75, 3.05) is 17.3 Å². The second-order valence-corrected chi connectivity index (χ2v) is 7.45. The van der Waals surface area contributed by atoms with Gasteiger partial charge < -0.3 is 15.0 Å². The number of carbonyl (C=O) groups excluding carboxylic acids is 2. The lowest BCUT2D eigenvalue weighted by Gasteiger charge is -2.30. The number of anilines is 2. The Morgan fingerprint density at radius 3 is 2.96 bits per heavy atom. The van der Waals surface area contributed by atoms with Crippen molar-refractivity contribution >= 4 is 34.5 Å². The van der Waals surface area contributed by atoms with E-state index in [1.54, 1.807) is 31.0 Å². The van der Waals surface area contributed by atoms with Crippen molar-refractivity contribution in [2.45, 2.75) is 38.7 Å². The maximum absolute atomic E-state index is 12.7. The van der Waals surface area contributed by atoms with Gasteiger partial charge in [0.15, 0.2) is 6.10 Å². The van der Waals surface area contributed by atoms with Crippen LogP contribution in [0.25, 0.3) is 0 Å². The zero-order valence-corrected chi connectivity index (χ0v) is 15.1. The number of thiophene rings is 1. The van der Waals surface area contributed by atoms with Crippen LogP contribution in [0.4, 0.5) is 11.4 Å². The number of hydrogen-bond acceptors (Lipinski definition) is 4. The first-order valence-corrected chi connectivity index (χ1v) is 9.41. The lowest BCUT2D eigenvalue weighted by Crippen LogP contribution is -2.41. The minimum Gasteiger partial charge on any atom is -0.479 e. The fourth-order valence-corrected chi connectivity index (χ4v) is 4.54. The number of carbonyl (C=O) groups is 2. The van der Waals surface area contributed by atoms with Crippen molar-refractivity contribution in [3.8, 4) is 5.75 Å². The molecule has 1 N–H and O–H groups in total. The van der Waals surface area contributed by atoms with E-state index in [-0.39, 0.29) is 11.8 Å². The highest BCUT2D eigenvalue weighted by molar-refractivity contribution is 7.12. The predicted molar refractivity (Wildman–Crippen MR) is 98.9 cm³/mol. The van der Waals surface area contributed by atoms with E-state index in [9.17, 15) is 9.59 Å². The van der Waals surface area contributed by atoms with Crippen molar-refractivity contribution in [1.29, 1.82) is 0 Å². The number of aryl methyl sites for hydroxylation is 1. The van der Waals surface area contributed by atoms with Crippen LogP contribution in [-0.4, -0.2) is 25.0 Å². The maximum atomic E-state index is 12.7. The van der Waals surface area contributed by atoms with Crippen LogP contribution in [0.1, 0.15) is 40.6 Å². The Kier molecular flexibility index (Phi) is 4.00. The van der Waals surface area contributed by atoms with Crippen molar-refractivity contribution < 1.29 is 14.3 Å². The Morgan fingerprint density at radius 2 is 2.12 bits per heavy atom. The van der Waals surface area contributed by atoms with E-state index < -0.39 is 6.10 Å². The van der Waals surface area contributed by atoms with E-state index in [4.69, 9.17) is 4.74 Å². The number of rotatable bonds is 2. The summed E-state index contributed by atoms with van der Waals surface area (Å²) >= 11 is 1.52. The normalized spacial score (nSPS) is 19.0. The largest absolute Gasteiger partial charge is 0.479 e. The van der Waals surface area contributed by atoms with Gasteiger partial charge in [-0.1, -0.05) is 0 Å². The second kappa shape index (κ2) is 6.19. The molecule has 2 heterocycles. The molecule has 0 saturated heterocycles. The minimum atomic E-state index is -0.490. The van der Waals surface area contributed by atoms with Crippen molar-refractivity contribution in [1.82, 2.24) is 0 Å². The van der Waals surface area contributed by atoms with Crippen LogP contribution >= 0.6 is 11.3 Å². The van der Waals surface area contributed by atoms with E-state index in [0.717, 1.165) is 24.1 Å². The van der Waals surface area contributed by atoms with Gasteiger partial charge >= 0.3 is 0 Å². The lowest BCUT2D eigenvalue weighted by molar-refractivity contribution is -0.125. The fourth-order valence-electron chi connectivity index (χ4n) is 3.49. The van der Waals surface area contributed by atoms with E-state index >= 15 is 0 Å². The van der Waals surface area contributed by atoms with Gasteiger partial charge in [0.05, 0.1) is 10.6 Å². The topological polar surface area (TPSA) is 58.6 Å². The molecule has 1 aliphatic heterocycles. The molecule has 1 aromatic carbocycles. The number of likely N-dealkylation sites (N-methyl/N-ethyl adjacent to an activating group) is 1. The van der Waals surface area contributed by atoms with E-state index in [2.05, 4.69) is 10.7 Å². The summed E-state index contributed by atoms with van der Waals surface area (Å²) in [6.07, 6.45) is 3.91. The van der Waals surface area contributed by atoms with Gasteiger partial charge in [0.1, 0.15) is 5.75 Å². The molecule has 0 radical (unpaired) electrons. The average molecular weight is 356 g/mol. The third kappa shape index (κ3) is 2.80. The number of benzene rings is 1. The molecule has 1 unspecified atom stereocenters. The molecule has 1 aliphatic carbocycles. The summed E-state index contributed by atoms with van der Waals surface area (Å²) in [7, 11) is 1.72. The molecule has 5 nitrogen and oxygen atoms in total. The van der Waals surface area contributed by atoms with Crippen LogP contribution in [0.3, 0.4) is 0 Å². The Hall–Kier alpha value is -2.34. The van der Waals surface area contributed by atoms with Gasteiger partial charge in [-0.2, -0.15) is 0 Å². The predicted octanol–water partition coefficient (Wildman–Crippen LogP) is 3.62. The van der Waals surface area contributed by atoms with Crippen molar-refractivity contribution in [3.63, 3.8) is 0 Å². The molecule has 2 aromatic rings. The molecule has 1 atom stereocenters. The van der Waals surface area contributed by atoms with Crippen LogP contribution in [-0.2, 0) is 17.6 Å². The molecule has 1 aromatic heterocycles. The molecule has 0 fully saturated rings. The van der Waals surface area contributed by atoms with Gasteiger partial charge in [0.2, 0.25) is 0 Å². The summed E-state index contributed by atoms with van der Waals surface area (Å²) < 4.78 is 5.62. The first-order valence-electron chi connectivity index (χ1n) is 8.53. The van der Waals surface area contributed by atoms with Gasteiger partial charge in [-0.25, -0.2) is 0 Å². The first-order chi connectivity index (χ1) is 12.0. The number of amides is 2. The fraction of sp³-hybridized carbons (Fsp3) is 0.368. The smallest absolute Gasteiger partial charge is 0.267 e. The summed E-state index contributed by atoms with van der Waals surface area (Å²) in [5.74, 6) is 0.483. The Morgan fingerprint density at radius 1 is 1.32 bits per heavy atom. The quantitative estimate of drug-likeness (QED) is 0.894. The monoisotopic (exact) mass is 356 g/mol. The van der Waals surface area contributed by atoms with Crippen LogP contribution in [0.5, 0.6) is 5.75 Å². The maximum Gasteiger partial charge on any atom is 0.267 e. The lowest BCUT2D eigenvalue weighted by atomic mass is 9.94. The SMILES string of the molecule is CC1Oc2ccc(NC(=O)c3scc4c3CCCC4)cc2N(C)C1=O. The molecule has 0 saturated carbocycles. The molecule has 25 heavy (non-hydrogen) atoms. The van der Waals surface area contributed by atoms with Crippen molar-refractivity contribution in [3.05, 3.63) is 39.6 Å². The molecule has 4 rings (SSSR count). The van der Waals surface area contributed by atoms with Gasteiger partial charge in [-0.05, 0) is 67.3 Å². The number of ether oxygens (including phenoxy) is 1. The number of fused-ring (bicyclic) bond motifs is 2. The van der Waals surface area contributed by atoms with E-state index in [1.807, 2.05) is 6.07 Å². The van der Waals surface area contributed by atoms with Crippen LogP contribution in [0.15, 0.2) is 23.6 Å². The number of nitrogens with one attached hydrogen (secondary N) is 1. The summed E-state index contributed by atoms with van der Waals surface area (Å²) in [6.45, 7) is 1.73. The third-order valence-corrected chi connectivity index (χ3v) is 5.94. The highest BCUT2D eigenvalue weighted by atomic mass is 32.1. The molecule has 130 valence electrons. The highest BCUT2D eigenvalue weighted by Gasteiger charge is 2.29. The molecular weight excluding hydrogens is 336 g/mol. The Balaban J connectivity index is 1.59. The van der Waals surface area contributed by atoms with Crippen LogP contribution in [0.2, 0.25) is 0 Å². The summed E-state index contributed by atoms with van der Waals surface area (Å²) in [4.78, 5) is 27.2. The summed E-state index contributed by atoms with van der Waals surface area (Å²) in [6, 6.07) is 5.40. The molecule has 2 aliphatic rings. The molecule has 0 spiro atoms. The number of hydrogen-bond donors (Lipinski definition) is 1.